The van der Waals surface area contributed by atoms with Crippen LogP contribution in [0.1, 0.15) is 18.4 Å². The number of methoxy groups -OCH3 is 1. The summed E-state index contributed by atoms with van der Waals surface area (Å²) in [4.78, 5) is 0. The second-order valence-corrected chi connectivity index (χ2v) is 9.13. The van der Waals surface area contributed by atoms with Gasteiger partial charge in [-0.15, -0.1) is 0 Å². The maximum Gasteiger partial charge on any atom is 0.229 e. The molecular weight excluding hydrogens is 488 g/mol. The van der Waals surface area contributed by atoms with Crippen molar-refractivity contribution in [2.75, 3.05) is 20.3 Å². The first-order chi connectivity index (χ1) is 17.7. The van der Waals surface area contributed by atoms with E-state index in [1.165, 1.54) is 7.11 Å². The first-order valence-corrected chi connectivity index (χ1v) is 12.1. The first-order valence-electron chi connectivity index (χ1n) is 12.1. The summed E-state index contributed by atoms with van der Waals surface area (Å²) in [5.74, 6) is 0.375. The lowest BCUT2D eigenvalue weighted by molar-refractivity contribution is -0.277. The van der Waals surface area contributed by atoms with Gasteiger partial charge in [0, 0.05) is 13.5 Å². The molecule has 2 aromatic carbocycles. The summed E-state index contributed by atoms with van der Waals surface area (Å²) in [7, 11) is 1.41. The summed E-state index contributed by atoms with van der Waals surface area (Å²) in [5, 5.41) is 79.2. The van der Waals surface area contributed by atoms with Crippen molar-refractivity contribution in [3.05, 3.63) is 48.0 Å². The number of benzene rings is 2. The summed E-state index contributed by atoms with van der Waals surface area (Å²) in [6, 6.07) is 11.8. The highest BCUT2D eigenvalue weighted by Crippen LogP contribution is 2.30. The Morgan fingerprint density at radius 3 is 2.19 bits per heavy atom. The van der Waals surface area contributed by atoms with Crippen LogP contribution in [0.15, 0.2) is 42.5 Å². The van der Waals surface area contributed by atoms with Gasteiger partial charge < -0.3 is 55.1 Å². The number of phenols is 1. The van der Waals surface area contributed by atoms with Crippen LogP contribution in [0.5, 0.6) is 11.5 Å². The zero-order chi connectivity index (χ0) is 27.1. The topological polar surface area (TPSA) is 190 Å². The molecule has 0 aromatic heterocycles. The minimum atomic E-state index is -1.54. The highest BCUT2D eigenvalue weighted by atomic mass is 16.7. The molecule has 0 bridgehead atoms. The molecule has 0 saturated carbocycles. The van der Waals surface area contributed by atoms with Crippen molar-refractivity contribution in [3.63, 3.8) is 0 Å². The number of phenolic OH excluding ortho intramolecular Hbond substituents is 1. The lowest BCUT2D eigenvalue weighted by Gasteiger charge is -2.39. The molecule has 1 heterocycles. The molecule has 206 valence electrons. The monoisotopic (exact) mass is 524 g/mol. The van der Waals surface area contributed by atoms with E-state index in [0.29, 0.717) is 17.7 Å². The van der Waals surface area contributed by atoms with Crippen LogP contribution >= 0.6 is 0 Å². The van der Waals surface area contributed by atoms with Gasteiger partial charge in [0.2, 0.25) is 6.29 Å². The van der Waals surface area contributed by atoms with Gasteiger partial charge in [0.05, 0.1) is 31.5 Å². The molecule has 3 rings (SSSR count). The summed E-state index contributed by atoms with van der Waals surface area (Å²) in [6.07, 6.45) is -9.06. The lowest BCUT2D eigenvalue weighted by atomic mass is 9.96. The highest BCUT2D eigenvalue weighted by Gasteiger charge is 2.44. The van der Waals surface area contributed by atoms with Crippen molar-refractivity contribution in [1.29, 1.82) is 0 Å². The molecular formula is C26H36O11. The van der Waals surface area contributed by atoms with Gasteiger partial charge in [-0.2, -0.15) is 0 Å². The fourth-order valence-electron chi connectivity index (χ4n) is 4.16. The number of aryl methyl sites for hydroxylation is 1. The third-order valence-electron chi connectivity index (χ3n) is 6.56. The van der Waals surface area contributed by atoms with Crippen LogP contribution in [0, 0.1) is 0 Å². The van der Waals surface area contributed by atoms with Crippen LogP contribution in [-0.4, -0.2) is 110 Å². The molecule has 11 nitrogen and oxygen atoms in total. The number of hydrogen-bond acceptors (Lipinski definition) is 11. The standard InChI is InChI=1S/C26H36O11/c1-35-18(12-27)11-21(31)20(30)9-5-16-10-15(4-8-19(16)29)14-2-6-17(7-3-14)36-26-25(34)24(33)23(32)22(13-28)37-26/h2-4,6-8,10,18,20-34H,5,9,11-13H2,1H3/t18?,20?,21?,22?,23-,24?,25?,26+/m1/s1. The van der Waals surface area contributed by atoms with E-state index in [2.05, 4.69) is 0 Å². The van der Waals surface area contributed by atoms with Crippen molar-refractivity contribution in [2.45, 2.75) is 68.3 Å². The predicted octanol–water partition coefficient (Wildman–Crippen LogP) is -0.710. The van der Waals surface area contributed by atoms with E-state index in [1.807, 2.05) is 0 Å². The van der Waals surface area contributed by atoms with Gasteiger partial charge in [-0.1, -0.05) is 18.2 Å². The quantitative estimate of drug-likeness (QED) is 0.175. The molecule has 0 aliphatic carbocycles. The molecule has 8 N–H and O–H groups in total. The van der Waals surface area contributed by atoms with Gasteiger partial charge >= 0.3 is 0 Å². The van der Waals surface area contributed by atoms with E-state index in [1.54, 1.807) is 42.5 Å². The van der Waals surface area contributed by atoms with Crippen molar-refractivity contribution in [3.8, 4) is 22.6 Å². The molecule has 1 aliphatic rings. The second kappa shape index (κ2) is 13.5. The smallest absolute Gasteiger partial charge is 0.229 e. The maximum absolute atomic E-state index is 10.3. The van der Waals surface area contributed by atoms with Crippen molar-refractivity contribution >= 4 is 0 Å². The van der Waals surface area contributed by atoms with Crippen LogP contribution in [0.4, 0.5) is 0 Å². The van der Waals surface area contributed by atoms with Gasteiger partial charge in [0.25, 0.3) is 0 Å². The minimum absolute atomic E-state index is 0.0538. The van der Waals surface area contributed by atoms with Crippen LogP contribution in [0.2, 0.25) is 0 Å². The van der Waals surface area contributed by atoms with E-state index in [0.717, 1.165) is 11.1 Å². The SMILES string of the molecule is COC(CO)CC(O)C(O)CCc1cc(-c2ccc(O[C@H]3OC(CO)[C@@H](O)C(O)C3O)cc2)ccc1O. The van der Waals surface area contributed by atoms with Gasteiger partial charge in [-0.3, -0.25) is 0 Å². The Hall–Kier alpha value is -2.32. The summed E-state index contributed by atoms with van der Waals surface area (Å²) >= 11 is 0. The van der Waals surface area contributed by atoms with Crippen LogP contribution < -0.4 is 4.74 Å². The maximum atomic E-state index is 10.3. The molecule has 0 radical (unpaired) electrons. The Bertz CT molecular complexity index is 963. The van der Waals surface area contributed by atoms with E-state index < -0.39 is 55.6 Å². The normalized spacial score (nSPS) is 26.4. The average Bonchev–Trinajstić information content (AvgIpc) is 2.91. The van der Waals surface area contributed by atoms with Crippen LogP contribution in [-0.2, 0) is 15.9 Å². The number of ether oxygens (including phenoxy) is 3. The zero-order valence-corrected chi connectivity index (χ0v) is 20.5. The molecule has 1 saturated heterocycles. The third kappa shape index (κ3) is 7.38. The van der Waals surface area contributed by atoms with Crippen molar-refractivity contribution in [1.82, 2.24) is 0 Å². The van der Waals surface area contributed by atoms with Crippen molar-refractivity contribution in [2.24, 2.45) is 0 Å². The largest absolute Gasteiger partial charge is 0.508 e. The third-order valence-corrected chi connectivity index (χ3v) is 6.56. The van der Waals surface area contributed by atoms with Gasteiger partial charge in [-0.05, 0) is 53.8 Å². The second-order valence-electron chi connectivity index (χ2n) is 9.13. The fourth-order valence-corrected chi connectivity index (χ4v) is 4.16. The summed E-state index contributed by atoms with van der Waals surface area (Å²) in [5.41, 5.74) is 2.15. The Kier molecular flexibility index (Phi) is 10.6. The first kappa shape index (κ1) is 29.2. The number of aliphatic hydroxyl groups is 7. The fraction of sp³-hybridized carbons (Fsp3) is 0.538. The number of hydrogen-bond donors (Lipinski definition) is 8. The molecule has 0 spiro atoms. The Morgan fingerprint density at radius 1 is 0.892 bits per heavy atom. The molecule has 0 amide bonds. The number of aliphatic hydroxyl groups excluding tert-OH is 7. The van der Waals surface area contributed by atoms with Crippen LogP contribution in [0.25, 0.3) is 11.1 Å². The molecule has 1 aliphatic heterocycles. The van der Waals surface area contributed by atoms with Gasteiger partial charge in [0.15, 0.2) is 0 Å². The number of aromatic hydroxyl groups is 1. The number of rotatable bonds is 12. The molecule has 2 aromatic rings. The average molecular weight is 525 g/mol. The van der Waals surface area contributed by atoms with Gasteiger partial charge in [-0.25, -0.2) is 0 Å². The molecule has 1 fully saturated rings. The zero-order valence-electron chi connectivity index (χ0n) is 20.5. The van der Waals surface area contributed by atoms with E-state index in [9.17, 15) is 40.9 Å². The minimum Gasteiger partial charge on any atom is -0.508 e. The molecule has 37 heavy (non-hydrogen) atoms. The van der Waals surface area contributed by atoms with Crippen molar-refractivity contribution < 1.29 is 55.1 Å². The van der Waals surface area contributed by atoms with E-state index in [-0.39, 0.29) is 25.2 Å². The molecule has 6 unspecified atom stereocenters. The molecule has 11 heteroatoms. The van der Waals surface area contributed by atoms with Crippen LogP contribution in [0.3, 0.4) is 0 Å². The highest BCUT2D eigenvalue weighted by molar-refractivity contribution is 5.66. The van der Waals surface area contributed by atoms with Gasteiger partial charge in [0.1, 0.15) is 35.9 Å². The Balaban J connectivity index is 1.64. The summed E-state index contributed by atoms with van der Waals surface area (Å²) in [6.45, 7) is -0.825. The Labute approximate surface area is 214 Å². The summed E-state index contributed by atoms with van der Waals surface area (Å²) < 4.78 is 16.0. The molecule has 8 atom stereocenters. The van der Waals surface area contributed by atoms with E-state index in [4.69, 9.17) is 14.2 Å². The predicted molar refractivity (Wildman–Crippen MR) is 131 cm³/mol. The van der Waals surface area contributed by atoms with E-state index >= 15 is 0 Å². The Morgan fingerprint density at radius 2 is 1.57 bits per heavy atom. The lowest BCUT2D eigenvalue weighted by Crippen LogP contribution is -2.60.